The highest BCUT2D eigenvalue weighted by Gasteiger charge is 2.29. The minimum atomic E-state index is -0.175. The molecule has 0 bridgehead atoms. The Morgan fingerprint density at radius 1 is 1.29 bits per heavy atom. The zero-order valence-corrected chi connectivity index (χ0v) is 14.2. The van der Waals surface area contributed by atoms with E-state index in [1.54, 1.807) is 0 Å². The molecule has 1 atom stereocenters. The fraction of sp³-hybridized carbons (Fsp3) is 0.474. The molecule has 2 amide bonds. The molecule has 1 aliphatic carbocycles. The summed E-state index contributed by atoms with van der Waals surface area (Å²) < 4.78 is 5.88. The van der Waals surface area contributed by atoms with Gasteiger partial charge in [-0.2, -0.15) is 0 Å². The van der Waals surface area contributed by atoms with Crippen LogP contribution >= 0.6 is 0 Å². The lowest BCUT2D eigenvalue weighted by Gasteiger charge is -2.12. The fourth-order valence-corrected chi connectivity index (χ4v) is 2.94. The smallest absolute Gasteiger partial charge is 0.223 e. The van der Waals surface area contributed by atoms with Gasteiger partial charge in [0.25, 0.3) is 0 Å². The van der Waals surface area contributed by atoms with Crippen molar-refractivity contribution in [3.8, 4) is 0 Å². The molecule has 1 aliphatic rings. The first-order valence-electron chi connectivity index (χ1n) is 8.61. The van der Waals surface area contributed by atoms with Crippen molar-refractivity contribution >= 4 is 22.8 Å². The van der Waals surface area contributed by atoms with Gasteiger partial charge in [0.05, 0.1) is 6.04 Å². The van der Waals surface area contributed by atoms with Gasteiger partial charge in [0.2, 0.25) is 11.8 Å². The van der Waals surface area contributed by atoms with Crippen molar-refractivity contribution in [2.45, 2.75) is 45.6 Å². The number of fused-ring (bicyclic) bond motifs is 1. The second-order valence-corrected chi connectivity index (χ2v) is 6.55. The van der Waals surface area contributed by atoms with Crippen LogP contribution in [0.25, 0.3) is 11.0 Å². The third-order valence-electron chi connectivity index (χ3n) is 4.48. The van der Waals surface area contributed by atoms with E-state index < -0.39 is 0 Å². The zero-order valence-electron chi connectivity index (χ0n) is 14.2. The van der Waals surface area contributed by atoms with Crippen LogP contribution in [0.3, 0.4) is 0 Å². The summed E-state index contributed by atoms with van der Waals surface area (Å²) in [5.41, 5.74) is 1.91. The molecule has 128 valence electrons. The minimum absolute atomic E-state index is 0.0250. The SMILES string of the molecule is Cc1c(C(C)NC(=O)CCCNC(=O)C2CC2)oc2ccccc12. The molecular weight excluding hydrogens is 304 g/mol. The first kappa shape index (κ1) is 16.6. The highest BCUT2D eigenvalue weighted by Crippen LogP contribution is 2.29. The van der Waals surface area contributed by atoms with Crippen LogP contribution in [-0.2, 0) is 9.59 Å². The Bertz CT molecular complexity index is 746. The maximum atomic E-state index is 12.1. The first-order valence-corrected chi connectivity index (χ1v) is 8.61. The van der Waals surface area contributed by atoms with Gasteiger partial charge in [0, 0.05) is 29.8 Å². The summed E-state index contributed by atoms with van der Waals surface area (Å²) in [7, 11) is 0. The van der Waals surface area contributed by atoms with Gasteiger partial charge in [-0.05, 0) is 39.2 Å². The van der Waals surface area contributed by atoms with E-state index in [0.29, 0.717) is 19.4 Å². The third kappa shape index (κ3) is 3.78. The van der Waals surface area contributed by atoms with Crippen molar-refractivity contribution in [1.29, 1.82) is 0 Å². The first-order chi connectivity index (χ1) is 11.6. The third-order valence-corrected chi connectivity index (χ3v) is 4.48. The maximum absolute atomic E-state index is 12.1. The number of benzene rings is 1. The number of hydrogen-bond donors (Lipinski definition) is 2. The van der Waals surface area contributed by atoms with Crippen molar-refractivity contribution in [2.75, 3.05) is 6.54 Å². The lowest BCUT2D eigenvalue weighted by Crippen LogP contribution is -2.29. The molecule has 0 aliphatic heterocycles. The lowest BCUT2D eigenvalue weighted by molar-refractivity contribution is -0.123. The Balaban J connectivity index is 1.48. The number of carbonyl (C=O) groups is 2. The molecule has 1 heterocycles. The second kappa shape index (κ2) is 7.07. The minimum Gasteiger partial charge on any atom is -0.459 e. The average Bonchev–Trinajstić information content (AvgIpc) is 3.36. The molecule has 0 radical (unpaired) electrons. The van der Waals surface area contributed by atoms with Gasteiger partial charge in [-0.15, -0.1) is 0 Å². The Morgan fingerprint density at radius 2 is 2.04 bits per heavy atom. The molecule has 5 nitrogen and oxygen atoms in total. The van der Waals surface area contributed by atoms with E-state index in [4.69, 9.17) is 4.42 Å². The zero-order chi connectivity index (χ0) is 17.1. The molecule has 2 aromatic rings. The average molecular weight is 328 g/mol. The Hall–Kier alpha value is -2.30. The van der Waals surface area contributed by atoms with Gasteiger partial charge in [0.1, 0.15) is 11.3 Å². The number of amides is 2. The highest BCUT2D eigenvalue weighted by molar-refractivity contribution is 5.83. The van der Waals surface area contributed by atoms with Crippen molar-refractivity contribution in [3.63, 3.8) is 0 Å². The monoisotopic (exact) mass is 328 g/mol. The summed E-state index contributed by atoms with van der Waals surface area (Å²) in [5.74, 6) is 1.12. The molecule has 3 rings (SSSR count). The predicted octanol–water partition coefficient (Wildman–Crippen LogP) is 3.22. The summed E-state index contributed by atoms with van der Waals surface area (Å²) in [6.45, 7) is 4.50. The number of furan rings is 1. The van der Waals surface area contributed by atoms with Gasteiger partial charge in [-0.3, -0.25) is 9.59 Å². The van der Waals surface area contributed by atoms with Gasteiger partial charge in [0.15, 0.2) is 0 Å². The number of rotatable bonds is 7. The molecule has 1 aromatic heterocycles. The summed E-state index contributed by atoms with van der Waals surface area (Å²) in [6.07, 6.45) is 3.05. The normalized spacial score (nSPS) is 15.2. The van der Waals surface area contributed by atoms with Crippen LogP contribution in [0.1, 0.15) is 50.0 Å². The van der Waals surface area contributed by atoms with Crippen LogP contribution in [0, 0.1) is 12.8 Å². The molecule has 5 heteroatoms. The number of carbonyl (C=O) groups excluding carboxylic acids is 2. The fourth-order valence-electron chi connectivity index (χ4n) is 2.94. The van der Waals surface area contributed by atoms with E-state index in [1.165, 1.54) is 0 Å². The summed E-state index contributed by atoms with van der Waals surface area (Å²) in [6, 6.07) is 7.70. The Kier molecular flexibility index (Phi) is 4.88. The largest absolute Gasteiger partial charge is 0.459 e. The van der Waals surface area contributed by atoms with Gasteiger partial charge in [-0.1, -0.05) is 18.2 Å². The molecule has 1 unspecified atom stereocenters. The maximum Gasteiger partial charge on any atom is 0.223 e. The number of aryl methyl sites for hydroxylation is 1. The molecule has 1 aromatic carbocycles. The molecular formula is C19H24N2O3. The van der Waals surface area contributed by atoms with E-state index >= 15 is 0 Å². The Labute approximate surface area is 141 Å². The van der Waals surface area contributed by atoms with E-state index in [1.807, 2.05) is 38.1 Å². The number of hydrogen-bond acceptors (Lipinski definition) is 3. The van der Waals surface area contributed by atoms with Gasteiger partial charge >= 0.3 is 0 Å². The molecule has 0 saturated heterocycles. The van der Waals surface area contributed by atoms with E-state index in [-0.39, 0.29) is 23.8 Å². The van der Waals surface area contributed by atoms with Crippen molar-refractivity contribution in [3.05, 3.63) is 35.6 Å². The van der Waals surface area contributed by atoms with Crippen LogP contribution in [0.15, 0.2) is 28.7 Å². The van der Waals surface area contributed by atoms with Crippen molar-refractivity contribution in [1.82, 2.24) is 10.6 Å². The van der Waals surface area contributed by atoms with Crippen LogP contribution in [0.2, 0.25) is 0 Å². The number of nitrogens with one attached hydrogen (secondary N) is 2. The van der Waals surface area contributed by atoms with Gasteiger partial charge < -0.3 is 15.1 Å². The summed E-state index contributed by atoms with van der Waals surface area (Å²) in [5, 5.41) is 6.93. The topological polar surface area (TPSA) is 71.3 Å². The predicted molar refractivity (Wildman–Crippen MR) is 92.5 cm³/mol. The quantitative estimate of drug-likeness (QED) is 0.767. The number of para-hydroxylation sites is 1. The van der Waals surface area contributed by atoms with Crippen molar-refractivity contribution in [2.24, 2.45) is 5.92 Å². The van der Waals surface area contributed by atoms with Gasteiger partial charge in [-0.25, -0.2) is 0 Å². The standard InChI is InChI=1S/C19H24N2O3/c1-12-15-6-3-4-7-16(15)24-18(12)13(2)21-17(22)8-5-11-20-19(23)14-9-10-14/h3-4,6-7,13-14H,5,8-11H2,1-2H3,(H,20,23)(H,21,22). The van der Waals surface area contributed by atoms with E-state index in [2.05, 4.69) is 10.6 Å². The Morgan fingerprint density at radius 3 is 2.75 bits per heavy atom. The van der Waals surface area contributed by atoms with Crippen LogP contribution in [0.4, 0.5) is 0 Å². The highest BCUT2D eigenvalue weighted by atomic mass is 16.3. The van der Waals surface area contributed by atoms with E-state index in [9.17, 15) is 9.59 Å². The summed E-state index contributed by atoms with van der Waals surface area (Å²) in [4.78, 5) is 23.6. The van der Waals surface area contributed by atoms with E-state index in [0.717, 1.165) is 35.1 Å². The molecule has 0 spiro atoms. The molecule has 24 heavy (non-hydrogen) atoms. The molecule has 1 fully saturated rings. The van der Waals surface area contributed by atoms with Crippen LogP contribution in [0.5, 0.6) is 0 Å². The second-order valence-electron chi connectivity index (χ2n) is 6.55. The lowest BCUT2D eigenvalue weighted by atomic mass is 10.1. The molecule has 2 N–H and O–H groups in total. The van der Waals surface area contributed by atoms with Crippen LogP contribution in [-0.4, -0.2) is 18.4 Å². The molecule has 1 saturated carbocycles. The van der Waals surface area contributed by atoms with Crippen LogP contribution < -0.4 is 10.6 Å². The summed E-state index contributed by atoms with van der Waals surface area (Å²) >= 11 is 0. The van der Waals surface area contributed by atoms with Crippen molar-refractivity contribution < 1.29 is 14.0 Å².